The second-order valence-corrected chi connectivity index (χ2v) is 5.96. The van der Waals surface area contributed by atoms with Crippen molar-refractivity contribution in [3.05, 3.63) is 91.3 Å². The van der Waals surface area contributed by atoms with Gasteiger partial charge >= 0.3 is 12.0 Å². The topological polar surface area (TPSA) is 57.1 Å². The Morgan fingerprint density at radius 1 is 0.643 bits per heavy atom. The molecule has 5 rings (SSSR count). The third kappa shape index (κ3) is 3.21. The van der Waals surface area contributed by atoms with Gasteiger partial charge in [-0.3, -0.25) is 0 Å². The van der Waals surface area contributed by atoms with Crippen LogP contribution in [0, 0.1) is 24.3 Å². The van der Waals surface area contributed by atoms with Crippen LogP contribution >= 0.6 is 0 Å². The van der Waals surface area contributed by atoms with Crippen LogP contribution in [-0.2, 0) is 0 Å². The van der Waals surface area contributed by atoms with Gasteiger partial charge < -0.3 is 9.47 Å². The van der Waals surface area contributed by atoms with Crippen LogP contribution in [0.25, 0.3) is 21.5 Å². The molecule has 0 spiro atoms. The summed E-state index contributed by atoms with van der Waals surface area (Å²) in [6.07, 6.45) is 1.35. The minimum Gasteiger partial charge on any atom is -0.424 e. The molecule has 0 unspecified atom stereocenters. The van der Waals surface area contributed by atoms with Crippen molar-refractivity contribution in [2.75, 3.05) is 0 Å². The van der Waals surface area contributed by atoms with Crippen LogP contribution in [0.4, 0.5) is 0 Å². The summed E-state index contributed by atoms with van der Waals surface area (Å²) < 4.78 is 11.5. The summed E-state index contributed by atoms with van der Waals surface area (Å²) in [7, 11) is 0. The average molecular weight is 361 g/mol. The van der Waals surface area contributed by atoms with Crippen molar-refractivity contribution in [1.29, 1.82) is 0 Å². The van der Waals surface area contributed by atoms with Crippen LogP contribution in [-0.4, -0.2) is 15.0 Å². The molecule has 1 heterocycles. The third-order valence-electron chi connectivity index (χ3n) is 4.10. The molecule has 0 bridgehead atoms. The number of benzene rings is 2. The molecule has 0 saturated carbocycles. The summed E-state index contributed by atoms with van der Waals surface area (Å²) in [6, 6.07) is 31.0. The van der Waals surface area contributed by atoms with E-state index in [1.165, 1.54) is 6.33 Å². The molecule has 0 aliphatic carbocycles. The van der Waals surface area contributed by atoms with Crippen molar-refractivity contribution >= 4 is 21.5 Å². The molecular weight excluding hydrogens is 350 g/mol. The van der Waals surface area contributed by atoms with E-state index in [0.717, 1.165) is 21.5 Å². The van der Waals surface area contributed by atoms with Crippen LogP contribution in [0.3, 0.4) is 0 Å². The second kappa shape index (κ2) is 6.75. The van der Waals surface area contributed by atoms with Crippen LogP contribution in [0.1, 0.15) is 0 Å². The first kappa shape index (κ1) is 15.9. The smallest absolute Gasteiger partial charge is 0.328 e. The molecule has 0 radical (unpaired) electrons. The lowest BCUT2D eigenvalue weighted by Gasteiger charge is -2.07. The molecule has 130 valence electrons. The summed E-state index contributed by atoms with van der Waals surface area (Å²) in [5, 5.41) is 3.90. The highest BCUT2D eigenvalue weighted by Crippen LogP contribution is 2.25. The molecule has 1 aromatic heterocycles. The normalized spacial score (nSPS) is 10.3. The highest BCUT2D eigenvalue weighted by molar-refractivity contribution is 5.82. The summed E-state index contributed by atoms with van der Waals surface area (Å²) in [5.74, 6) is 1.23. The lowest BCUT2D eigenvalue weighted by atomic mass is 10.1. The van der Waals surface area contributed by atoms with E-state index in [1.54, 1.807) is 12.1 Å². The van der Waals surface area contributed by atoms with E-state index in [2.05, 4.69) is 39.2 Å². The molecule has 0 atom stereocenters. The lowest BCUT2D eigenvalue weighted by Crippen LogP contribution is -1.97. The van der Waals surface area contributed by atoms with Crippen LogP contribution in [0.5, 0.6) is 23.5 Å². The highest BCUT2D eigenvalue weighted by Gasteiger charge is 2.07. The zero-order chi connectivity index (χ0) is 18.8. The molecule has 0 aliphatic heterocycles. The molecule has 5 nitrogen and oxygen atoms in total. The Balaban J connectivity index is 1.39. The number of fused-ring (bicyclic) bond motifs is 2. The molecule has 0 N–H and O–H groups in total. The Hall–Kier alpha value is -4.35. The predicted octanol–water partition coefficient (Wildman–Crippen LogP) is 4.96. The zero-order valence-corrected chi connectivity index (χ0v) is 14.5. The predicted molar refractivity (Wildman–Crippen MR) is 103 cm³/mol. The molecule has 0 amide bonds. The Kier molecular flexibility index (Phi) is 3.83. The molecule has 5 heteroatoms. The Morgan fingerprint density at radius 3 is 1.71 bits per heavy atom. The fourth-order valence-corrected chi connectivity index (χ4v) is 2.79. The molecule has 0 aliphatic rings. The quantitative estimate of drug-likeness (QED) is 0.453. The maximum Gasteiger partial charge on any atom is 0.328 e. The standard InChI is InChI=1S/C23H11N3O2/c1-3-7-18-13-20(11-9-16(18)5-1)27-22-24-15-25-23(26-22)28-21-12-10-17-6-2-4-8-19(17)14-21/h3-4,7-15H. The van der Waals surface area contributed by atoms with Gasteiger partial charge in [-0.25, -0.2) is 0 Å². The first-order valence-electron chi connectivity index (χ1n) is 8.52. The molecule has 0 saturated heterocycles. The van der Waals surface area contributed by atoms with Gasteiger partial charge in [0.05, 0.1) is 0 Å². The van der Waals surface area contributed by atoms with E-state index in [0.29, 0.717) is 11.5 Å². The average Bonchev–Trinajstić information content (AvgIpc) is 2.74. The van der Waals surface area contributed by atoms with E-state index >= 15 is 0 Å². The first-order chi connectivity index (χ1) is 13.8. The minimum absolute atomic E-state index is 0.152. The van der Waals surface area contributed by atoms with E-state index in [-0.39, 0.29) is 12.0 Å². The lowest BCUT2D eigenvalue weighted by molar-refractivity contribution is 0.397. The molecule has 4 aromatic carbocycles. The number of aromatic nitrogens is 3. The summed E-state index contributed by atoms with van der Waals surface area (Å²) >= 11 is 0. The Bertz CT molecular complexity index is 1190. The van der Waals surface area contributed by atoms with Gasteiger partial charge in [-0.1, -0.05) is 24.3 Å². The number of ether oxygens (including phenoxy) is 2. The van der Waals surface area contributed by atoms with Crippen LogP contribution in [0.15, 0.2) is 67.0 Å². The fraction of sp³-hybridized carbons (Fsp3) is 0. The van der Waals surface area contributed by atoms with E-state index in [1.807, 2.05) is 48.5 Å². The van der Waals surface area contributed by atoms with Crippen molar-refractivity contribution in [2.24, 2.45) is 0 Å². The largest absolute Gasteiger partial charge is 0.424 e. The second-order valence-electron chi connectivity index (χ2n) is 5.96. The maximum atomic E-state index is 5.76. The minimum atomic E-state index is 0.152. The van der Waals surface area contributed by atoms with Crippen molar-refractivity contribution in [1.82, 2.24) is 15.0 Å². The van der Waals surface area contributed by atoms with Gasteiger partial charge in [0, 0.05) is 10.8 Å². The van der Waals surface area contributed by atoms with Gasteiger partial charge in [0.2, 0.25) is 0 Å². The summed E-state index contributed by atoms with van der Waals surface area (Å²) in [4.78, 5) is 12.3. The third-order valence-corrected chi connectivity index (χ3v) is 4.10. The van der Waals surface area contributed by atoms with Gasteiger partial charge in [-0.15, -0.1) is 4.98 Å². The van der Waals surface area contributed by atoms with Gasteiger partial charge in [0.25, 0.3) is 0 Å². The molecule has 0 fully saturated rings. The first-order valence-corrected chi connectivity index (χ1v) is 8.52. The van der Waals surface area contributed by atoms with E-state index in [4.69, 9.17) is 9.47 Å². The SMILES string of the molecule is c1ccc2cc(Oc3ncnc(Oc4ccc5c#cccc5c4)n3)ccc2c#1. The summed E-state index contributed by atoms with van der Waals surface area (Å²) in [6.45, 7) is 0. The number of nitrogens with zero attached hydrogens (tertiary/aromatic N) is 3. The molecule has 5 aromatic rings. The van der Waals surface area contributed by atoms with Crippen molar-refractivity contribution in [3.8, 4) is 23.5 Å². The van der Waals surface area contributed by atoms with Crippen LogP contribution < -0.4 is 9.47 Å². The Morgan fingerprint density at radius 2 is 1.18 bits per heavy atom. The highest BCUT2D eigenvalue weighted by atomic mass is 16.5. The van der Waals surface area contributed by atoms with Gasteiger partial charge in [-0.2, -0.15) is 9.97 Å². The number of rotatable bonds is 4. The van der Waals surface area contributed by atoms with Crippen molar-refractivity contribution < 1.29 is 9.47 Å². The Labute approximate surface area is 161 Å². The fourth-order valence-electron chi connectivity index (χ4n) is 2.79. The monoisotopic (exact) mass is 361 g/mol. The maximum absolute atomic E-state index is 5.76. The number of hydrogen-bond acceptors (Lipinski definition) is 5. The molecular formula is C23H11N3O2. The zero-order valence-electron chi connectivity index (χ0n) is 14.5. The van der Waals surface area contributed by atoms with Gasteiger partial charge in [0.1, 0.15) is 17.8 Å². The summed E-state index contributed by atoms with van der Waals surface area (Å²) in [5.41, 5.74) is 0. The van der Waals surface area contributed by atoms with Gasteiger partial charge in [-0.05, 0) is 71.4 Å². The van der Waals surface area contributed by atoms with Crippen molar-refractivity contribution in [3.63, 3.8) is 0 Å². The van der Waals surface area contributed by atoms with Gasteiger partial charge in [0.15, 0.2) is 0 Å². The van der Waals surface area contributed by atoms with Crippen LogP contribution in [0.2, 0.25) is 0 Å². The molecule has 28 heavy (non-hydrogen) atoms. The van der Waals surface area contributed by atoms with E-state index < -0.39 is 0 Å². The van der Waals surface area contributed by atoms with E-state index in [9.17, 15) is 0 Å². The number of hydrogen-bond donors (Lipinski definition) is 0. The van der Waals surface area contributed by atoms with Crippen molar-refractivity contribution in [2.45, 2.75) is 0 Å².